The summed E-state index contributed by atoms with van der Waals surface area (Å²) < 4.78 is 118. The third-order valence-electron chi connectivity index (χ3n) is 6.69. The fourth-order valence-corrected chi connectivity index (χ4v) is 4.59. The number of benzodiazepines with no additional fused rings is 1. The Morgan fingerprint density at radius 3 is 2.07 bits per heavy atom. The van der Waals surface area contributed by atoms with Gasteiger partial charge >= 0.3 is 18.5 Å². The van der Waals surface area contributed by atoms with Crippen molar-refractivity contribution in [3.05, 3.63) is 64.7 Å². The van der Waals surface area contributed by atoms with Gasteiger partial charge in [0.15, 0.2) is 0 Å². The number of halogens is 9. The van der Waals surface area contributed by atoms with Crippen molar-refractivity contribution in [3.63, 3.8) is 0 Å². The first-order valence-electron chi connectivity index (χ1n) is 12.7. The van der Waals surface area contributed by atoms with Gasteiger partial charge in [-0.3, -0.25) is 14.4 Å². The number of nitrogens with zero attached hydrogens (tertiary/aromatic N) is 1. The van der Waals surface area contributed by atoms with Crippen LogP contribution in [0, 0.1) is 18.8 Å². The molecule has 234 valence electrons. The van der Waals surface area contributed by atoms with E-state index >= 15 is 0 Å². The van der Waals surface area contributed by atoms with E-state index in [-0.39, 0.29) is 22.5 Å². The molecule has 0 aliphatic carbocycles. The van der Waals surface area contributed by atoms with Gasteiger partial charge in [-0.05, 0) is 37.5 Å². The number of hydrogen-bond donors (Lipinski definition) is 3. The molecule has 0 fully saturated rings. The lowest BCUT2D eigenvalue weighted by Crippen LogP contribution is -2.48. The lowest BCUT2D eigenvalue weighted by Gasteiger charge is -2.26. The van der Waals surface area contributed by atoms with E-state index in [4.69, 9.17) is 5.73 Å². The molecule has 4 N–H and O–H groups in total. The maximum Gasteiger partial charge on any atom is 0.416 e. The van der Waals surface area contributed by atoms with Crippen molar-refractivity contribution in [1.82, 2.24) is 5.32 Å². The smallest absolute Gasteiger partial charge is 0.369 e. The number of hydrogen-bond acceptors (Lipinski definition) is 4. The van der Waals surface area contributed by atoms with Crippen LogP contribution in [0.1, 0.15) is 47.9 Å². The summed E-state index contributed by atoms with van der Waals surface area (Å²) in [5, 5.41) is 4.53. The van der Waals surface area contributed by atoms with Crippen LogP contribution in [0.5, 0.6) is 0 Å². The molecular formula is C27H25F9N4O3. The van der Waals surface area contributed by atoms with E-state index in [1.165, 1.54) is 18.2 Å². The molecule has 43 heavy (non-hydrogen) atoms. The Morgan fingerprint density at radius 1 is 0.930 bits per heavy atom. The monoisotopic (exact) mass is 624 g/mol. The Hall–Kier alpha value is -4.11. The minimum atomic E-state index is -4.86. The average molecular weight is 625 g/mol. The van der Waals surface area contributed by atoms with Crippen molar-refractivity contribution in [3.8, 4) is 0 Å². The molecule has 7 nitrogen and oxygen atoms in total. The number of anilines is 1. The molecule has 1 heterocycles. The lowest BCUT2D eigenvalue weighted by molar-refractivity contribution is -0.152. The minimum Gasteiger partial charge on any atom is -0.369 e. The highest BCUT2D eigenvalue weighted by Crippen LogP contribution is 2.34. The van der Waals surface area contributed by atoms with Gasteiger partial charge in [-0.1, -0.05) is 30.3 Å². The van der Waals surface area contributed by atoms with Gasteiger partial charge in [0.1, 0.15) is 0 Å². The number of aryl methyl sites for hydroxylation is 1. The molecule has 3 rings (SSSR count). The number of nitrogens with two attached hydrogens (primary N) is 1. The van der Waals surface area contributed by atoms with Crippen LogP contribution >= 0.6 is 0 Å². The fourth-order valence-electron chi connectivity index (χ4n) is 4.59. The Morgan fingerprint density at radius 2 is 1.51 bits per heavy atom. The summed E-state index contributed by atoms with van der Waals surface area (Å²) in [5.74, 6) is -7.98. The molecule has 0 bridgehead atoms. The number of para-hydroxylation sites is 1. The molecule has 3 unspecified atom stereocenters. The Bertz CT molecular complexity index is 1400. The molecule has 0 saturated heterocycles. The van der Waals surface area contributed by atoms with E-state index in [1.54, 1.807) is 13.0 Å². The van der Waals surface area contributed by atoms with Gasteiger partial charge in [0.2, 0.25) is 18.0 Å². The van der Waals surface area contributed by atoms with Crippen molar-refractivity contribution in [2.24, 2.45) is 22.6 Å². The van der Waals surface area contributed by atoms with Gasteiger partial charge in [-0.2, -0.15) is 39.5 Å². The second kappa shape index (κ2) is 12.6. The van der Waals surface area contributed by atoms with Gasteiger partial charge in [0.25, 0.3) is 5.91 Å². The summed E-state index contributed by atoms with van der Waals surface area (Å²) in [6.45, 7) is 1.56. The van der Waals surface area contributed by atoms with Crippen LogP contribution in [-0.2, 0) is 20.6 Å². The molecule has 3 atom stereocenters. The lowest BCUT2D eigenvalue weighted by atomic mass is 9.83. The Balaban J connectivity index is 2.07. The molecule has 0 radical (unpaired) electrons. The van der Waals surface area contributed by atoms with Crippen molar-refractivity contribution >= 4 is 29.1 Å². The van der Waals surface area contributed by atoms with Gasteiger partial charge in [-0.15, -0.1) is 0 Å². The Labute approximate surface area is 238 Å². The van der Waals surface area contributed by atoms with E-state index in [1.807, 2.05) is 0 Å². The number of aliphatic imine (C=N–C) groups is 1. The van der Waals surface area contributed by atoms with Crippen LogP contribution < -0.4 is 16.4 Å². The van der Waals surface area contributed by atoms with Gasteiger partial charge < -0.3 is 16.4 Å². The number of benzene rings is 2. The summed E-state index contributed by atoms with van der Waals surface area (Å²) >= 11 is 0. The van der Waals surface area contributed by atoms with Crippen LogP contribution in [-0.4, -0.2) is 42.0 Å². The first kappa shape index (κ1) is 33.4. The molecule has 0 aromatic heterocycles. The number of primary amides is 1. The summed E-state index contributed by atoms with van der Waals surface area (Å²) in [5.41, 5.74) is 4.50. The molecule has 2 aromatic carbocycles. The number of alkyl halides is 9. The maximum absolute atomic E-state index is 13.5. The zero-order valence-corrected chi connectivity index (χ0v) is 22.3. The van der Waals surface area contributed by atoms with Crippen molar-refractivity contribution in [2.45, 2.75) is 57.3 Å². The number of rotatable bonds is 9. The molecule has 16 heteroatoms. The third-order valence-corrected chi connectivity index (χ3v) is 6.69. The summed E-state index contributed by atoms with van der Waals surface area (Å²) in [7, 11) is 0. The molecular weight excluding hydrogens is 599 g/mol. The van der Waals surface area contributed by atoms with Crippen molar-refractivity contribution in [1.29, 1.82) is 0 Å². The van der Waals surface area contributed by atoms with Gasteiger partial charge in [-0.25, -0.2) is 4.99 Å². The van der Waals surface area contributed by atoms with Crippen LogP contribution in [0.4, 0.5) is 45.2 Å². The Kier molecular flexibility index (Phi) is 9.81. The van der Waals surface area contributed by atoms with Gasteiger partial charge in [0.05, 0.1) is 17.0 Å². The van der Waals surface area contributed by atoms with E-state index in [0.29, 0.717) is 5.56 Å². The average Bonchev–Trinajstić information content (AvgIpc) is 3.01. The second-order valence-electron chi connectivity index (χ2n) is 9.88. The quantitative estimate of drug-likeness (QED) is 0.314. The van der Waals surface area contributed by atoms with Crippen molar-refractivity contribution < 1.29 is 53.9 Å². The SMILES string of the molecule is Cc1cccc2c1NC(=O)C(NC(=O)C(CCC(F)(F)F)C(CCC(F)(F)F)C(N)=O)N=C2c1cccc(C(F)(F)F)c1. The molecule has 1 aliphatic heterocycles. The number of fused-ring (bicyclic) bond motifs is 1. The second-order valence-corrected chi connectivity index (χ2v) is 9.88. The highest BCUT2D eigenvalue weighted by atomic mass is 19.4. The maximum atomic E-state index is 13.5. The first-order chi connectivity index (χ1) is 19.8. The third kappa shape index (κ3) is 8.94. The number of amides is 3. The highest BCUT2D eigenvalue weighted by Gasteiger charge is 2.41. The normalized spacial score (nSPS) is 17.2. The number of carbonyl (C=O) groups excluding carboxylic acids is 3. The van der Waals surface area contributed by atoms with E-state index in [9.17, 15) is 53.9 Å². The van der Waals surface area contributed by atoms with Crippen LogP contribution in [0.2, 0.25) is 0 Å². The topological polar surface area (TPSA) is 114 Å². The van der Waals surface area contributed by atoms with Crippen LogP contribution in [0.15, 0.2) is 47.5 Å². The highest BCUT2D eigenvalue weighted by molar-refractivity contribution is 6.20. The van der Waals surface area contributed by atoms with Crippen LogP contribution in [0.25, 0.3) is 0 Å². The summed E-state index contributed by atoms with van der Waals surface area (Å²) in [4.78, 5) is 42.6. The predicted molar refractivity (Wildman–Crippen MR) is 136 cm³/mol. The van der Waals surface area contributed by atoms with Crippen molar-refractivity contribution in [2.75, 3.05) is 5.32 Å². The molecule has 1 aliphatic rings. The van der Waals surface area contributed by atoms with E-state index in [2.05, 4.69) is 15.6 Å². The molecule has 0 spiro atoms. The predicted octanol–water partition coefficient (Wildman–Crippen LogP) is 5.65. The van der Waals surface area contributed by atoms with Crippen LogP contribution in [0.3, 0.4) is 0 Å². The van der Waals surface area contributed by atoms with Gasteiger partial charge in [0, 0.05) is 35.8 Å². The minimum absolute atomic E-state index is 0.120. The molecule has 2 aromatic rings. The zero-order valence-electron chi connectivity index (χ0n) is 22.3. The summed E-state index contributed by atoms with van der Waals surface area (Å²) in [6.07, 6.45) is -22.0. The summed E-state index contributed by atoms with van der Waals surface area (Å²) in [6, 6.07) is 8.37. The largest absolute Gasteiger partial charge is 0.416 e. The first-order valence-corrected chi connectivity index (χ1v) is 12.7. The zero-order chi connectivity index (χ0) is 32.3. The fraction of sp³-hybridized carbons (Fsp3) is 0.407. The molecule has 0 saturated carbocycles. The van der Waals surface area contributed by atoms with E-state index in [0.717, 1.165) is 18.2 Å². The van der Waals surface area contributed by atoms with E-state index < -0.39 is 85.5 Å². The number of carbonyl (C=O) groups is 3. The number of nitrogens with one attached hydrogen (secondary N) is 2. The molecule has 3 amide bonds. The standard InChI is InChI=1S/C27H25F9N4O3/c1-13-4-2-7-18-19(13)39-24(43)22(38-20(18)14-5-3-6-15(12-14)27(34,35)36)40-23(42)17(9-11-26(31,32)33)16(21(37)41)8-10-25(28,29)30/h2-7,12,16-17,22H,8-11H2,1H3,(H2,37,41)(H,39,43)(H,40,42).